The highest BCUT2D eigenvalue weighted by molar-refractivity contribution is 5.87. The van der Waals surface area contributed by atoms with Gasteiger partial charge in [0.05, 0.1) is 18.2 Å². The molecule has 4 rings (SSSR count). The van der Waals surface area contributed by atoms with Gasteiger partial charge in [0.1, 0.15) is 11.9 Å². The van der Waals surface area contributed by atoms with Gasteiger partial charge in [0.15, 0.2) is 5.41 Å². The van der Waals surface area contributed by atoms with E-state index in [-0.39, 0.29) is 0 Å². The second kappa shape index (κ2) is 5.96. The number of carboxylic acids is 1. The van der Waals surface area contributed by atoms with Crippen LogP contribution in [0.1, 0.15) is 17.0 Å². The third kappa shape index (κ3) is 2.24. The van der Waals surface area contributed by atoms with E-state index in [0.717, 1.165) is 5.56 Å². The van der Waals surface area contributed by atoms with Crippen molar-refractivity contribution in [3.05, 3.63) is 71.6 Å². The van der Waals surface area contributed by atoms with E-state index in [1.54, 1.807) is 35.3 Å². The summed E-state index contributed by atoms with van der Waals surface area (Å²) in [4.78, 5) is 13.9. The first-order valence-corrected chi connectivity index (χ1v) is 8.40. The first kappa shape index (κ1) is 16.8. The molecule has 27 heavy (non-hydrogen) atoms. The fourth-order valence-electron chi connectivity index (χ4n) is 4.29. The Morgan fingerprint density at radius 2 is 1.89 bits per heavy atom. The summed E-state index contributed by atoms with van der Waals surface area (Å²) in [6, 6.07) is 14.9. The van der Waals surface area contributed by atoms with Crippen molar-refractivity contribution in [1.82, 2.24) is 0 Å². The van der Waals surface area contributed by atoms with E-state index in [2.05, 4.69) is 12.1 Å². The summed E-state index contributed by atoms with van der Waals surface area (Å²) in [5.74, 6) is -2.71. The molecule has 0 amide bonds. The van der Waals surface area contributed by atoms with E-state index in [9.17, 15) is 24.8 Å². The number of anilines is 1. The average Bonchev–Trinajstić information content (AvgIpc) is 2.99. The summed E-state index contributed by atoms with van der Waals surface area (Å²) in [5.41, 5.74) is 0.113. The monoisotopic (exact) mass is 359 g/mol. The molecule has 2 aromatic rings. The van der Waals surface area contributed by atoms with Gasteiger partial charge in [-0.15, -0.1) is 0 Å². The standard InChI is InChI=1S/C21H14FN3O2/c22-15-6-3-5-14(10-15)18-19(20(26)27)25-16-7-2-1-4-13(16)8-9-17(25)21(18,11-23)12-24/h1-10,17-19H,(H,26,27)/t17-,18-,19-/m1/s1. The molecule has 3 atom stereocenters. The second-order valence-electron chi connectivity index (χ2n) is 6.68. The molecule has 132 valence electrons. The highest BCUT2D eigenvalue weighted by atomic mass is 19.1. The van der Waals surface area contributed by atoms with Crippen molar-refractivity contribution in [2.45, 2.75) is 18.0 Å². The maximum atomic E-state index is 13.9. The Hall–Kier alpha value is -3.64. The molecule has 2 aliphatic heterocycles. The summed E-state index contributed by atoms with van der Waals surface area (Å²) in [5, 5.41) is 30.0. The third-order valence-electron chi connectivity index (χ3n) is 5.38. The molecule has 0 radical (unpaired) electrons. The van der Waals surface area contributed by atoms with Crippen LogP contribution in [-0.4, -0.2) is 23.2 Å². The SMILES string of the molecule is N#CC1(C#N)[C@H](c2cccc(F)c2)[C@H](C(=O)O)N2c3ccccc3C=C[C@@H]21. The van der Waals surface area contributed by atoms with Gasteiger partial charge in [0, 0.05) is 11.6 Å². The minimum absolute atomic E-state index is 0.325. The van der Waals surface area contributed by atoms with Crippen molar-refractivity contribution in [2.24, 2.45) is 5.41 Å². The molecule has 1 N–H and O–H groups in total. The Bertz CT molecular complexity index is 1040. The van der Waals surface area contributed by atoms with Crippen molar-refractivity contribution in [1.29, 1.82) is 10.5 Å². The van der Waals surface area contributed by atoms with E-state index < -0.39 is 35.2 Å². The van der Waals surface area contributed by atoms with E-state index in [4.69, 9.17) is 0 Å². The van der Waals surface area contributed by atoms with Crippen LogP contribution in [0.2, 0.25) is 0 Å². The molecule has 0 spiro atoms. The second-order valence-corrected chi connectivity index (χ2v) is 6.68. The molecule has 5 nitrogen and oxygen atoms in total. The van der Waals surface area contributed by atoms with Gasteiger partial charge in [0.2, 0.25) is 0 Å². The predicted octanol–water partition coefficient (Wildman–Crippen LogP) is 3.31. The topological polar surface area (TPSA) is 88.1 Å². The van der Waals surface area contributed by atoms with Crippen LogP contribution in [0.5, 0.6) is 0 Å². The summed E-state index contributed by atoms with van der Waals surface area (Å²) in [6.45, 7) is 0. The number of carboxylic acid groups (broad SMARTS) is 1. The van der Waals surface area contributed by atoms with Crippen molar-refractivity contribution in [3.63, 3.8) is 0 Å². The highest BCUT2D eigenvalue weighted by Gasteiger charge is 2.63. The lowest BCUT2D eigenvalue weighted by Gasteiger charge is -2.34. The van der Waals surface area contributed by atoms with Gasteiger partial charge in [-0.2, -0.15) is 10.5 Å². The van der Waals surface area contributed by atoms with Gasteiger partial charge in [-0.3, -0.25) is 0 Å². The molecular formula is C21H14FN3O2. The molecule has 1 fully saturated rings. The first-order valence-electron chi connectivity index (χ1n) is 8.40. The smallest absolute Gasteiger partial charge is 0.327 e. The number of benzene rings is 2. The number of para-hydroxylation sites is 1. The van der Waals surface area contributed by atoms with Gasteiger partial charge >= 0.3 is 5.97 Å². The number of rotatable bonds is 2. The van der Waals surface area contributed by atoms with Gasteiger partial charge in [-0.05, 0) is 29.3 Å². The molecule has 0 saturated carbocycles. The predicted molar refractivity (Wildman–Crippen MR) is 96.0 cm³/mol. The van der Waals surface area contributed by atoms with Crippen LogP contribution in [0.15, 0.2) is 54.6 Å². The van der Waals surface area contributed by atoms with Crippen LogP contribution >= 0.6 is 0 Å². The zero-order valence-electron chi connectivity index (χ0n) is 14.1. The number of hydrogen-bond acceptors (Lipinski definition) is 4. The number of nitrogens with zero attached hydrogens (tertiary/aromatic N) is 3. The van der Waals surface area contributed by atoms with Gasteiger partial charge < -0.3 is 10.0 Å². The van der Waals surface area contributed by atoms with Crippen LogP contribution in [0.3, 0.4) is 0 Å². The Morgan fingerprint density at radius 3 is 2.56 bits per heavy atom. The fourth-order valence-corrected chi connectivity index (χ4v) is 4.29. The molecule has 0 aliphatic carbocycles. The Morgan fingerprint density at radius 1 is 1.15 bits per heavy atom. The van der Waals surface area contributed by atoms with Gasteiger partial charge in [-0.1, -0.05) is 42.5 Å². The number of fused-ring (bicyclic) bond motifs is 3. The Balaban J connectivity index is 2.01. The van der Waals surface area contributed by atoms with E-state index in [1.165, 1.54) is 18.2 Å². The van der Waals surface area contributed by atoms with E-state index >= 15 is 0 Å². The number of halogens is 1. The van der Waals surface area contributed by atoms with Crippen molar-refractivity contribution in [3.8, 4) is 12.1 Å². The number of aliphatic carboxylic acids is 1. The lowest BCUT2D eigenvalue weighted by molar-refractivity contribution is -0.138. The highest BCUT2D eigenvalue weighted by Crippen LogP contribution is 2.54. The first-order chi connectivity index (χ1) is 13.0. The fraction of sp³-hybridized carbons (Fsp3) is 0.190. The lowest BCUT2D eigenvalue weighted by atomic mass is 9.70. The summed E-state index contributed by atoms with van der Waals surface area (Å²) in [7, 11) is 0. The summed E-state index contributed by atoms with van der Waals surface area (Å²) in [6.07, 6.45) is 3.50. The van der Waals surface area contributed by atoms with Crippen LogP contribution in [-0.2, 0) is 4.79 Å². The van der Waals surface area contributed by atoms with Crippen LogP contribution in [0.25, 0.3) is 6.08 Å². The summed E-state index contributed by atoms with van der Waals surface area (Å²) < 4.78 is 13.9. The molecule has 0 aromatic heterocycles. The van der Waals surface area contributed by atoms with Crippen molar-refractivity contribution >= 4 is 17.7 Å². The molecule has 6 heteroatoms. The van der Waals surface area contributed by atoms with Crippen LogP contribution in [0, 0.1) is 33.9 Å². The van der Waals surface area contributed by atoms with Crippen molar-refractivity contribution < 1.29 is 14.3 Å². The maximum absolute atomic E-state index is 13.9. The minimum Gasteiger partial charge on any atom is -0.480 e. The average molecular weight is 359 g/mol. The molecular weight excluding hydrogens is 345 g/mol. The van der Waals surface area contributed by atoms with Crippen LogP contribution < -0.4 is 4.90 Å². The Labute approximate surface area is 155 Å². The molecule has 0 unspecified atom stereocenters. The van der Waals surface area contributed by atoms with E-state index in [0.29, 0.717) is 11.3 Å². The third-order valence-corrected chi connectivity index (χ3v) is 5.38. The van der Waals surface area contributed by atoms with Gasteiger partial charge in [0.25, 0.3) is 0 Å². The molecule has 2 heterocycles. The van der Waals surface area contributed by atoms with Crippen molar-refractivity contribution in [2.75, 3.05) is 4.90 Å². The minimum atomic E-state index is -1.67. The largest absolute Gasteiger partial charge is 0.480 e. The number of nitriles is 2. The normalized spacial score (nSPS) is 24.4. The lowest BCUT2D eigenvalue weighted by Crippen LogP contribution is -2.44. The summed E-state index contributed by atoms with van der Waals surface area (Å²) >= 11 is 0. The number of carbonyl (C=O) groups is 1. The molecule has 2 aliphatic rings. The van der Waals surface area contributed by atoms with Gasteiger partial charge in [-0.25, -0.2) is 9.18 Å². The molecule has 0 bridgehead atoms. The van der Waals surface area contributed by atoms with Crippen LogP contribution in [0.4, 0.5) is 10.1 Å². The zero-order valence-corrected chi connectivity index (χ0v) is 14.1. The Kier molecular flexibility index (Phi) is 3.71. The zero-order chi connectivity index (χ0) is 19.2. The van der Waals surface area contributed by atoms with E-state index in [1.807, 2.05) is 12.1 Å². The number of hydrogen-bond donors (Lipinski definition) is 1. The molecule has 1 saturated heterocycles. The quantitative estimate of drug-likeness (QED) is 0.889. The molecule has 2 aromatic carbocycles. The maximum Gasteiger partial charge on any atom is 0.327 e.